The number of amides is 1. The molecule has 1 saturated heterocycles. The first-order valence-electron chi connectivity index (χ1n) is 7.71. The first kappa shape index (κ1) is 15.7. The number of aromatic nitrogens is 2. The van der Waals surface area contributed by atoms with Gasteiger partial charge in [0.25, 0.3) is 0 Å². The van der Waals surface area contributed by atoms with Gasteiger partial charge in [0.1, 0.15) is 6.04 Å². The van der Waals surface area contributed by atoms with Gasteiger partial charge in [0.15, 0.2) is 0 Å². The van der Waals surface area contributed by atoms with E-state index in [2.05, 4.69) is 16.9 Å². The van der Waals surface area contributed by atoms with E-state index in [9.17, 15) is 9.90 Å². The lowest BCUT2D eigenvalue weighted by Gasteiger charge is -2.30. The van der Waals surface area contributed by atoms with E-state index < -0.39 is 0 Å². The van der Waals surface area contributed by atoms with E-state index in [1.54, 1.807) is 23.4 Å². The molecule has 1 aromatic heterocycles. The number of anilines is 1. The van der Waals surface area contributed by atoms with Crippen LogP contribution in [0, 0.1) is 0 Å². The number of unbranched alkanes of at least 4 members (excludes halogenated alkanes) is 1. The summed E-state index contributed by atoms with van der Waals surface area (Å²) in [5.74, 6) is 0.704. The lowest BCUT2D eigenvalue weighted by atomic mass is 10.2. The van der Waals surface area contributed by atoms with Crippen LogP contribution in [-0.2, 0) is 4.79 Å². The molecule has 0 saturated carbocycles. The first-order chi connectivity index (χ1) is 10.3. The summed E-state index contributed by atoms with van der Waals surface area (Å²) >= 11 is 0. The Kier molecular flexibility index (Phi) is 5.92. The van der Waals surface area contributed by atoms with Crippen LogP contribution in [0.15, 0.2) is 18.5 Å². The summed E-state index contributed by atoms with van der Waals surface area (Å²) < 4.78 is 0. The van der Waals surface area contributed by atoms with E-state index in [4.69, 9.17) is 0 Å². The molecule has 116 valence electrons. The van der Waals surface area contributed by atoms with E-state index in [1.165, 1.54) is 0 Å². The van der Waals surface area contributed by atoms with E-state index in [0.717, 1.165) is 32.2 Å². The molecule has 0 aromatic carbocycles. The topological polar surface area (TPSA) is 69.6 Å². The van der Waals surface area contributed by atoms with Gasteiger partial charge in [-0.05, 0) is 25.3 Å². The van der Waals surface area contributed by atoms with Crippen LogP contribution in [0.3, 0.4) is 0 Å². The standard InChI is InChI=1S/C15H24N4O2/c1-2-3-9-18(11-12-20)14(21)13-6-4-10-19(13)15-16-7-5-8-17-15/h5,7-8,13,20H,2-4,6,9-12H2,1H3. The SMILES string of the molecule is CCCCN(CCO)C(=O)C1CCCN1c1ncccn1. The molecule has 1 atom stereocenters. The number of nitrogens with zero attached hydrogens (tertiary/aromatic N) is 4. The molecule has 2 rings (SSSR count). The van der Waals surface area contributed by atoms with E-state index >= 15 is 0 Å². The molecule has 1 aliphatic rings. The van der Waals surface area contributed by atoms with Crippen LogP contribution in [0.2, 0.25) is 0 Å². The Morgan fingerprint density at radius 3 is 2.86 bits per heavy atom. The molecule has 1 aromatic rings. The highest BCUT2D eigenvalue weighted by Crippen LogP contribution is 2.23. The van der Waals surface area contributed by atoms with Gasteiger partial charge in [-0.2, -0.15) is 0 Å². The minimum Gasteiger partial charge on any atom is -0.395 e. The average Bonchev–Trinajstić information content (AvgIpc) is 3.01. The highest BCUT2D eigenvalue weighted by atomic mass is 16.3. The minimum absolute atomic E-state index is 0.00398. The van der Waals surface area contributed by atoms with Crippen LogP contribution in [-0.4, -0.2) is 58.2 Å². The summed E-state index contributed by atoms with van der Waals surface area (Å²) in [6.07, 6.45) is 7.18. The Balaban J connectivity index is 2.08. The van der Waals surface area contributed by atoms with Gasteiger partial charge in [-0.3, -0.25) is 4.79 Å². The molecule has 1 amide bonds. The normalized spacial score (nSPS) is 18.0. The van der Waals surface area contributed by atoms with Crippen molar-refractivity contribution in [2.24, 2.45) is 0 Å². The van der Waals surface area contributed by atoms with Gasteiger partial charge in [0, 0.05) is 32.0 Å². The quantitative estimate of drug-likeness (QED) is 0.814. The number of aliphatic hydroxyl groups excluding tert-OH is 1. The Morgan fingerprint density at radius 2 is 2.19 bits per heavy atom. The number of carbonyl (C=O) groups is 1. The van der Waals surface area contributed by atoms with E-state index in [-0.39, 0.29) is 18.6 Å². The van der Waals surface area contributed by atoms with Crippen LogP contribution >= 0.6 is 0 Å². The summed E-state index contributed by atoms with van der Waals surface area (Å²) in [7, 11) is 0. The molecule has 0 bridgehead atoms. The maximum Gasteiger partial charge on any atom is 0.245 e. The molecule has 1 fully saturated rings. The van der Waals surface area contributed by atoms with Crippen LogP contribution in [0.4, 0.5) is 5.95 Å². The van der Waals surface area contributed by atoms with Crippen molar-refractivity contribution in [3.05, 3.63) is 18.5 Å². The van der Waals surface area contributed by atoms with Crippen LogP contribution < -0.4 is 4.90 Å². The average molecular weight is 292 g/mol. The number of aliphatic hydroxyl groups is 1. The predicted octanol–water partition coefficient (Wildman–Crippen LogP) is 1.07. The highest BCUT2D eigenvalue weighted by molar-refractivity contribution is 5.85. The third-order valence-electron chi connectivity index (χ3n) is 3.81. The van der Waals surface area contributed by atoms with Crippen molar-refractivity contribution in [1.82, 2.24) is 14.9 Å². The van der Waals surface area contributed by atoms with Crippen LogP contribution in [0.5, 0.6) is 0 Å². The summed E-state index contributed by atoms with van der Waals surface area (Å²) in [6, 6.07) is 1.58. The van der Waals surface area contributed by atoms with Crippen LogP contribution in [0.1, 0.15) is 32.6 Å². The third kappa shape index (κ3) is 3.91. The van der Waals surface area contributed by atoms with Gasteiger partial charge < -0.3 is 14.9 Å². The number of carbonyl (C=O) groups excluding carboxylic acids is 1. The Hall–Kier alpha value is -1.69. The Bertz CT molecular complexity index is 441. The molecule has 1 N–H and O–H groups in total. The van der Waals surface area contributed by atoms with Gasteiger partial charge in [-0.1, -0.05) is 13.3 Å². The van der Waals surface area contributed by atoms with Crippen molar-refractivity contribution in [2.75, 3.05) is 31.1 Å². The van der Waals surface area contributed by atoms with Gasteiger partial charge in [-0.25, -0.2) is 9.97 Å². The smallest absolute Gasteiger partial charge is 0.245 e. The maximum atomic E-state index is 12.7. The van der Waals surface area contributed by atoms with Crippen molar-refractivity contribution in [2.45, 2.75) is 38.6 Å². The zero-order chi connectivity index (χ0) is 15.1. The van der Waals surface area contributed by atoms with Gasteiger partial charge in [0.2, 0.25) is 11.9 Å². The largest absolute Gasteiger partial charge is 0.395 e. The van der Waals surface area contributed by atoms with Crippen molar-refractivity contribution in [1.29, 1.82) is 0 Å². The zero-order valence-corrected chi connectivity index (χ0v) is 12.6. The molecule has 0 radical (unpaired) electrons. The van der Waals surface area contributed by atoms with Crippen LogP contribution in [0.25, 0.3) is 0 Å². The fourth-order valence-electron chi connectivity index (χ4n) is 2.71. The highest BCUT2D eigenvalue weighted by Gasteiger charge is 2.34. The van der Waals surface area contributed by atoms with Crippen molar-refractivity contribution in [3.63, 3.8) is 0 Å². The first-order valence-corrected chi connectivity index (χ1v) is 7.71. The van der Waals surface area contributed by atoms with Gasteiger partial charge in [0.05, 0.1) is 6.61 Å². The third-order valence-corrected chi connectivity index (χ3v) is 3.81. The van der Waals surface area contributed by atoms with E-state index in [0.29, 0.717) is 19.0 Å². The molecule has 0 spiro atoms. The number of hydrogen-bond donors (Lipinski definition) is 1. The zero-order valence-electron chi connectivity index (χ0n) is 12.6. The second kappa shape index (κ2) is 7.93. The lowest BCUT2D eigenvalue weighted by molar-refractivity contribution is -0.133. The molecule has 1 unspecified atom stereocenters. The summed E-state index contributed by atoms with van der Waals surface area (Å²) in [4.78, 5) is 25.0. The molecular formula is C15H24N4O2. The van der Waals surface area contributed by atoms with Crippen molar-refractivity contribution >= 4 is 11.9 Å². The number of hydrogen-bond acceptors (Lipinski definition) is 5. The number of rotatable bonds is 7. The minimum atomic E-state index is -0.198. The lowest BCUT2D eigenvalue weighted by Crippen LogP contribution is -2.47. The summed E-state index contributed by atoms with van der Waals surface area (Å²) in [5, 5.41) is 9.18. The predicted molar refractivity (Wildman–Crippen MR) is 81.0 cm³/mol. The molecule has 0 aliphatic carbocycles. The second-order valence-electron chi connectivity index (χ2n) is 5.30. The van der Waals surface area contributed by atoms with Crippen molar-refractivity contribution < 1.29 is 9.90 Å². The molecule has 1 aliphatic heterocycles. The molecule has 21 heavy (non-hydrogen) atoms. The van der Waals surface area contributed by atoms with Crippen molar-refractivity contribution in [3.8, 4) is 0 Å². The summed E-state index contributed by atoms with van der Waals surface area (Å²) in [6.45, 7) is 4.02. The van der Waals surface area contributed by atoms with Gasteiger partial charge >= 0.3 is 0 Å². The monoisotopic (exact) mass is 292 g/mol. The van der Waals surface area contributed by atoms with Gasteiger partial charge in [-0.15, -0.1) is 0 Å². The molecule has 2 heterocycles. The summed E-state index contributed by atoms with van der Waals surface area (Å²) in [5.41, 5.74) is 0. The van der Waals surface area contributed by atoms with E-state index in [1.807, 2.05) is 4.90 Å². The molecule has 6 nitrogen and oxygen atoms in total. The second-order valence-corrected chi connectivity index (χ2v) is 5.30. The fourth-order valence-corrected chi connectivity index (χ4v) is 2.71. The fraction of sp³-hybridized carbons (Fsp3) is 0.667. The molecule has 6 heteroatoms. The maximum absolute atomic E-state index is 12.7. The molecular weight excluding hydrogens is 268 g/mol. The Labute approximate surface area is 125 Å². The Morgan fingerprint density at radius 1 is 1.43 bits per heavy atom.